The van der Waals surface area contributed by atoms with Gasteiger partial charge in [0, 0.05) is 24.7 Å². The number of aliphatic hydroxyl groups is 1. The molecule has 1 N–H and O–H groups in total. The number of ether oxygens (including phenoxy) is 3. The maximum absolute atomic E-state index is 11.2. The van der Waals surface area contributed by atoms with Crippen molar-refractivity contribution in [1.82, 2.24) is 9.55 Å². The molecule has 36 heavy (non-hydrogen) atoms. The molecule has 2 aromatic carbocycles. The van der Waals surface area contributed by atoms with Crippen molar-refractivity contribution in [2.45, 2.75) is 44.9 Å². The maximum atomic E-state index is 11.2. The summed E-state index contributed by atoms with van der Waals surface area (Å²) >= 11 is 18.9. The molecule has 0 aliphatic heterocycles. The van der Waals surface area contributed by atoms with Gasteiger partial charge >= 0.3 is 5.97 Å². The molecule has 3 rings (SSSR count). The highest BCUT2D eigenvalue weighted by atomic mass is 35.5. The van der Waals surface area contributed by atoms with Crippen LogP contribution in [0.2, 0.25) is 10.0 Å². The highest BCUT2D eigenvalue weighted by molar-refractivity contribution is 6.37. The van der Waals surface area contributed by atoms with Crippen LogP contribution in [-0.2, 0) is 21.5 Å². The summed E-state index contributed by atoms with van der Waals surface area (Å²) in [5.74, 6) is 0.600. The number of carbonyl (C=O) groups is 1. The molecule has 0 aliphatic rings. The lowest BCUT2D eigenvalue weighted by atomic mass is 9.78. The van der Waals surface area contributed by atoms with E-state index in [1.807, 2.05) is 24.3 Å². The summed E-state index contributed by atoms with van der Waals surface area (Å²) in [5, 5.41) is 10.9. The highest BCUT2D eigenvalue weighted by Gasteiger charge is 2.26. The first kappa shape index (κ1) is 28.1. The van der Waals surface area contributed by atoms with Crippen molar-refractivity contribution in [2.75, 3.05) is 19.1 Å². The van der Waals surface area contributed by atoms with Crippen LogP contribution in [0.3, 0.4) is 0 Å². The van der Waals surface area contributed by atoms with E-state index in [9.17, 15) is 9.90 Å². The number of hydrogen-bond donors (Lipinski definition) is 1. The smallest absolute Gasteiger partial charge is 0.303 e. The predicted molar refractivity (Wildman–Crippen MR) is 141 cm³/mol. The summed E-state index contributed by atoms with van der Waals surface area (Å²) in [5.41, 5.74) is 1.48. The van der Waals surface area contributed by atoms with Crippen LogP contribution in [0.25, 0.3) is 0 Å². The topological polar surface area (TPSA) is 82.8 Å². The molecular formula is C26H29Cl3N2O5. The van der Waals surface area contributed by atoms with Crippen molar-refractivity contribution in [3.63, 3.8) is 0 Å². The van der Waals surface area contributed by atoms with E-state index in [1.165, 1.54) is 6.92 Å². The summed E-state index contributed by atoms with van der Waals surface area (Å²) in [7, 11) is 0. The van der Waals surface area contributed by atoms with Gasteiger partial charge in [0.15, 0.2) is 5.75 Å². The number of nitrogens with zero attached hydrogens (tertiary/aromatic N) is 2. The number of benzene rings is 2. The molecule has 10 heteroatoms. The maximum Gasteiger partial charge on any atom is 0.303 e. The minimum atomic E-state index is -0.658. The van der Waals surface area contributed by atoms with Gasteiger partial charge in [-0.25, -0.2) is 4.98 Å². The van der Waals surface area contributed by atoms with Crippen LogP contribution in [0.4, 0.5) is 0 Å². The van der Waals surface area contributed by atoms with Gasteiger partial charge in [0.05, 0.1) is 28.8 Å². The summed E-state index contributed by atoms with van der Waals surface area (Å²) in [6.45, 7) is 6.03. The minimum absolute atomic E-state index is 0.0315. The molecule has 0 radical (unpaired) electrons. The van der Waals surface area contributed by atoms with E-state index in [2.05, 4.69) is 18.8 Å². The molecule has 7 nitrogen and oxygen atoms in total. The number of carbonyl (C=O) groups excluding carboxylic acids is 1. The summed E-state index contributed by atoms with van der Waals surface area (Å²) in [6, 6.07) is 11.3. The van der Waals surface area contributed by atoms with Crippen molar-refractivity contribution >= 4 is 40.8 Å². The standard InChI is InChI=1S/C26H29Cl3N2O5/c1-17(32)36-22(12-27)15-35-25-23(28)10-19(11-24(25)29)26(2,3)18-4-6-21(7-5-18)34-14-20(33)13-31-9-8-30-16-31/h4-11,16,20,22,33H,12-15H2,1-3H3/t20-,22-/m0/s1. The second-order valence-corrected chi connectivity index (χ2v) is 9.96. The van der Waals surface area contributed by atoms with Crippen LogP contribution in [0.15, 0.2) is 55.1 Å². The fourth-order valence-electron chi connectivity index (χ4n) is 3.60. The van der Waals surface area contributed by atoms with Gasteiger partial charge in [-0.2, -0.15) is 0 Å². The molecule has 194 valence electrons. The van der Waals surface area contributed by atoms with Crippen LogP contribution in [0.5, 0.6) is 11.5 Å². The highest BCUT2D eigenvalue weighted by Crippen LogP contribution is 2.40. The molecule has 1 heterocycles. The normalized spacial score (nSPS) is 13.2. The van der Waals surface area contributed by atoms with Gasteiger partial charge < -0.3 is 23.9 Å². The number of imidazole rings is 1. The summed E-state index contributed by atoms with van der Waals surface area (Å²) in [6.07, 6.45) is 3.83. The zero-order chi connectivity index (χ0) is 26.3. The Kier molecular flexibility index (Phi) is 9.91. The quantitative estimate of drug-likeness (QED) is 0.235. The molecule has 1 aromatic heterocycles. The summed E-state index contributed by atoms with van der Waals surface area (Å²) < 4.78 is 18.3. The van der Waals surface area contributed by atoms with Crippen LogP contribution in [0, 0.1) is 0 Å². The second-order valence-electron chi connectivity index (χ2n) is 8.84. The fraction of sp³-hybridized carbons (Fsp3) is 0.385. The molecule has 0 aliphatic carbocycles. The lowest BCUT2D eigenvalue weighted by Crippen LogP contribution is -2.26. The van der Waals surface area contributed by atoms with E-state index in [0.29, 0.717) is 28.1 Å². The average molecular weight is 556 g/mol. The van der Waals surface area contributed by atoms with Crippen molar-refractivity contribution in [1.29, 1.82) is 0 Å². The van der Waals surface area contributed by atoms with E-state index >= 15 is 0 Å². The van der Waals surface area contributed by atoms with Crippen molar-refractivity contribution < 1.29 is 24.1 Å². The number of hydrogen-bond acceptors (Lipinski definition) is 6. The van der Waals surface area contributed by atoms with E-state index in [4.69, 9.17) is 49.0 Å². The molecule has 0 saturated carbocycles. The molecule has 2 atom stereocenters. The Morgan fingerprint density at radius 2 is 1.75 bits per heavy atom. The predicted octanol–water partition coefficient (Wildman–Crippen LogP) is 5.51. The van der Waals surface area contributed by atoms with Crippen molar-refractivity contribution in [2.24, 2.45) is 0 Å². The third kappa shape index (κ3) is 7.53. The SMILES string of the molecule is CC(=O)O[C@@H](CCl)COc1c(Cl)cc(C(C)(C)c2ccc(OC[C@@H](O)Cn3ccnc3)cc2)cc1Cl. The number of rotatable bonds is 12. The van der Waals surface area contributed by atoms with Crippen LogP contribution >= 0.6 is 34.8 Å². The molecule has 0 spiro atoms. The van der Waals surface area contributed by atoms with Gasteiger partial charge in [0.2, 0.25) is 0 Å². The number of alkyl halides is 1. The molecular weight excluding hydrogens is 527 g/mol. The number of esters is 1. The summed E-state index contributed by atoms with van der Waals surface area (Å²) in [4.78, 5) is 15.1. The fourth-order valence-corrected chi connectivity index (χ4v) is 4.35. The minimum Gasteiger partial charge on any atom is -0.491 e. The van der Waals surface area contributed by atoms with E-state index in [0.717, 1.165) is 11.1 Å². The van der Waals surface area contributed by atoms with Gasteiger partial charge in [0.1, 0.15) is 31.2 Å². The van der Waals surface area contributed by atoms with E-state index < -0.39 is 23.6 Å². The van der Waals surface area contributed by atoms with Gasteiger partial charge in [-0.1, -0.05) is 49.2 Å². The lowest BCUT2D eigenvalue weighted by molar-refractivity contribution is -0.146. The monoisotopic (exact) mass is 554 g/mol. The number of halogens is 3. The van der Waals surface area contributed by atoms with Gasteiger partial charge in [-0.05, 0) is 35.4 Å². The Bertz CT molecular complexity index is 1110. The van der Waals surface area contributed by atoms with Crippen LogP contribution in [0.1, 0.15) is 31.9 Å². The zero-order valence-corrected chi connectivity index (χ0v) is 22.6. The first-order valence-electron chi connectivity index (χ1n) is 11.3. The Morgan fingerprint density at radius 1 is 1.08 bits per heavy atom. The third-order valence-electron chi connectivity index (χ3n) is 5.64. The Labute approximate surface area is 225 Å². The zero-order valence-electron chi connectivity index (χ0n) is 20.3. The van der Waals surface area contributed by atoms with E-state index in [1.54, 1.807) is 35.4 Å². The van der Waals surface area contributed by atoms with Crippen molar-refractivity contribution in [3.05, 3.63) is 76.3 Å². The van der Waals surface area contributed by atoms with Gasteiger partial charge in [-0.3, -0.25) is 4.79 Å². The van der Waals surface area contributed by atoms with Gasteiger partial charge in [0.25, 0.3) is 0 Å². The van der Waals surface area contributed by atoms with Crippen LogP contribution < -0.4 is 9.47 Å². The van der Waals surface area contributed by atoms with E-state index in [-0.39, 0.29) is 19.1 Å². The molecule has 0 fully saturated rings. The number of aliphatic hydroxyl groups excluding tert-OH is 1. The first-order chi connectivity index (χ1) is 17.1. The molecule has 3 aromatic rings. The lowest BCUT2D eigenvalue weighted by Gasteiger charge is -2.27. The Morgan fingerprint density at radius 3 is 2.31 bits per heavy atom. The number of aromatic nitrogens is 2. The largest absolute Gasteiger partial charge is 0.491 e. The first-order valence-corrected chi connectivity index (χ1v) is 12.6. The average Bonchev–Trinajstić information content (AvgIpc) is 3.34. The molecule has 0 unspecified atom stereocenters. The Balaban J connectivity index is 1.66. The second kappa shape index (κ2) is 12.7. The molecule has 0 bridgehead atoms. The van der Waals surface area contributed by atoms with Crippen LogP contribution in [-0.4, -0.2) is 51.9 Å². The van der Waals surface area contributed by atoms with Crippen molar-refractivity contribution in [3.8, 4) is 11.5 Å². The Hall–Kier alpha value is -2.45. The van der Waals surface area contributed by atoms with Gasteiger partial charge in [-0.15, -0.1) is 11.6 Å². The molecule has 0 amide bonds. The third-order valence-corrected chi connectivity index (χ3v) is 6.54. The molecule has 0 saturated heterocycles.